The summed E-state index contributed by atoms with van der Waals surface area (Å²) in [7, 11) is -3.06. The molecule has 0 saturated carbocycles. The molecule has 2 unspecified atom stereocenters. The first-order valence-electron chi connectivity index (χ1n) is 7.23. The number of benzene rings is 1. The van der Waals surface area contributed by atoms with Gasteiger partial charge in [-0.2, -0.15) is 0 Å². The second-order valence-corrected chi connectivity index (χ2v) is 7.70. The maximum Gasteiger partial charge on any atom is 0.154 e. The van der Waals surface area contributed by atoms with Crippen LogP contribution in [0.4, 0.5) is 4.39 Å². The van der Waals surface area contributed by atoms with E-state index in [4.69, 9.17) is 0 Å². The van der Waals surface area contributed by atoms with E-state index in [2.05, 4.69) is 5.32 Å². The molecular weight excluding hydrogens is 277 g/mol. The van der Waals surface area contributed by atoms with Gasteiger partial charge in [-0.15, -0.1) is 0 Å². The maximum absolute atomic E-state index is 13.8. The molecule has 0 spiro atoms. The van der Waals surface area contributed by atoms with Crippen molar-refractivity contribution < 1.29 is 12.8 Å². The molecule has 0 amide bonds. The molecule has 1 fully saturated rings. The highest BCUT2D eigenvalue weighted by atomic mass is 32.2. The van der Waals surface area contributed by atoms with Gasteiger partial charge in [0.25, 0.3) is 0 Å². The standard InChI is InChI=1S/C15H22FNO2S/c1-2-17-14(11-12-7-3-4-8-13(12)16)15-9-5-6-10-20(15,18)19/h3-4,7-8,14-15,17H,2,5-6,9-11H2,1H3. The van der Waals surface area contributed by atoms with Gasteiger partial charge in [0.15, 0.2) is 9.84 Å². The molecular formula is C15H22FNO2S. The zero-order valence-electron chi connectivity index (χ0n) is 11.8. The molecule has 0 aliphatic carbocycles. The lowest BCUT2D eigenvalue weighted by molar-refractivity contribution is 0.435. The SMILES string of the molecule is CCNC(Cc1ccccc1F)C1CCCCS1(=O)=O. The Hall–Kier alpha value is -0.940. The van der Waals surface area contributed by atoms with Gasteiger partial charge >= 0.3 is 0 Å². The van der Waals surface area contributed by atoms with Crippen molar-refractivity contribution in [3.05, 3.63) is 35.6 Å². The Bertz CT molecular complexity index is 545. The van der Waals surface area contributed by atoms with Crippen molar-refractivity contribution >= 4 is 9.84 Å². The van der Waals surface area contributed by atoms with Crippen LogP contribution in [0.25, 0.3) is 0 Å². The molecule has 1 aliphatic heterocycles. The summed E-state index contributed by atoms with van der Waals surface area (Å²) < 4.78 is 38.3. The third-order valence-electron chi connectivity index (χ3n) is 3.94. The Morgan fingerprint density at radius 1 is 1.35 bits per heavy atom. The molecule has 1 aromatic rings. The first-order chi connectivity index (χ1) is 9.54. The molecule has 5 heteroatoms. The number of likely N-dealkylation sites (N-methyl/N-ethyl adjacent to an activating group) is 1. The van der Waals surface area contributed by atoms with E-state index in [1.54, 1.807) is 18.2 Å². The molecule has 3 nitrogen and oxygen atoms in total. The third kappa shape index (κ3) is 3.58. The highest BCUT2D eigenvalue weighted by Crippen LogP contribution is 2.24. The fraction of sp³-hybridized carbons (Fsp3) is 0.600. The average molecular weight is 299 g/mol. The summed E-state index contributed by atoms with van der Waals surface area (Å²) in [5, 5.41) is 2.85. The van der Waals surface area contributed by atoms with Crippen molar-refractivity contribution in [2.24, 2.45) is 0 Å². The fourth-order valence-electron chi connectivity index (χ4n) is 2.93. The van der Waals surface area contributed by atoms with Crippen LogP contribution in [0.5, 0.6) is 0 Å². The molecule has 1 N–H and O–H groups in total. The molecule has 2 rings (SSSR count). The van der Waals surface area contributed by atoms with E-state index >= 15 is 0 Å². The summed E-state index contributed by atoms with van der Waals surface area (Å²) in [6.45, 7) is 2.63. The summed E-state index contributed by atoms with van der Waals surface area (Å²) >= 11 is 0. The van der Waals surface area contributed by atoms with Crippen LogP contribution < -0.4 is 5.32 Å². The number of halogens is 1. The number of sulfone groups is 1. The van der Waals surface area contributed by atoms with Crippen LogP contribution in [-0.2, 0) is 16.3 Å². The smallest absolute Gasteiger partial charge is 0.154 e. The zero-order valence-corrected chi connectivity index (χ0v) is 12.6. The number of rotatable bonds is 5. The van der Waals surface area contributed by atoms with E-state index in [0.717, 1.165) is 12.8 Å². The van der Waals surface area contributed by atoms with Gasteiger partial charge in [0, 0.05) is 6.04 Å². The van der Waals surface area contributed by atoms with Crippen molar-refractivity contribution in [1.82, 2.24) is 5.32 Å². The van der Waals surface area contributed by atoms with Crippen LogP contribution in [-0.4, -0.2) is 32.0 Å². The minimum Gasteiger partial charge on any atom is -0.313 e. The van der Waals surface area contributed by atoms with Gasteiger partial charge in [0.1, 0.15) is 5.82 Å². The highest BCUT2D eigenvalue weighted by Gasteiger charge is 2.35. The summed E-state index contributed by atoms with van der Waals surface area (Å²) in [4.78, 5) is 0. The normalized spacial score (nSPS) is 23.4. The highest BCUT2D eigenvalue weighted by molar-refractivity contribution is 7.92. The van der Waals surface area contributed by atoms with Crippen LogP contribution in [0.15, 0.2) is 24.3 Å². The van der Waals surface area contributed by atoms with Gasteiger partial charge in [-0.3, -0.25) is 0 Å². The number of hydrogen-bond donors (Lipinski definition) is 1. The molecule has 0 bridgehead atoms. The second kappa shape index (κ2) is 6.68. The van der Waals surface area contributed by atoms with Crippen molar-refractivity contribution in [2.75, 3.05) is 12.3 Å². The van der Waals surface area contributed by atoms with Crippen LogP contribution in [0.3, 0.4) is 0 Å². The average Bonchev–Trinajstić information content (AvgIpc) is 2.40. The first-order valence-corrected chi connectivity index (χ1v) is 8.94. The molecule has 2 atom stereocenters. The fourth-order valence-corrected chi connectivity index (χ4v) is 5.06. The lowest BCUT2D eigenvalue weighted by Crippen LogP contribution is -2.48. The van der Waals surface area contributed by atoms with Crippen molar-refractivity contribution in [1.29, 1.82) is 0 Å². The van der Waals surface area contributed by atoms with Gasteiger partial charge in [-0.1, -0.05) is 31.5 Å². The monoisotopic (exact) mass is 299 g/mol. The van der Waals surface area contributed by atoms with E-state index in [-0.39, 0.29) is 17.6 Å². The second-order valence-electron chi connectivity index (χ2n) is 5.36. The largest absolute Gasteiger partial charge is 0.313 e. The molecule has 112 valence electrons. The van der Waals surface area contributed by atoms with E-state index in [1.165, 1.54) is 6.07 Å². The Balaban J connectivity index is 2.20. The van der Waals surface area contributed by atoms with Gasteiger partial charge in [-0.05, 0) is 37.4 Å². The molecule has 1 aromatic carbocycles. The molecule has 1 saturated heterocycles. The van der Waals surface area contributed by atoms with Crippen LogP contribution in [0, 0.1) is 5.82 Å². The predicted molar refractivity (Wildman–Crippen MR) is 79.0 cm³/mol. The first kappa shape index (κ1) is 15.4. The summed E-state index contributed by atoms with van der Waals surface area (Å²) in [5.41, 5.74) is 0.583. The van der Waals surface area contributed by atoms with Crippen LogP contribution in [0.1, 0.15) is 31.7 Å². The molecule has 0 radical (unpaired) electrons. The minimum atomic E-state index is -3.06. The summed E-state index contributed by atoms with van der Waals surface area (Å²) in [6.07, 6.45) is 2.78. The quantitative estimate of drug-likeness (QED) is 0.907. The number of nitrogens with one attached hydrogen (secondary N) is 1. The summed E-state index contributed by atoms with van der Waals surface area (Å²) in [5.74, 6) is 0.000201. The maximum atomic E-state index is 13.8. The van der Waals surface area contributed by atoms with E-state index < -0.39 is 15.1 Å². The Labute approximate surface area is 120 Å². The predicted octanol–water partition coefficient (Wildman–Crippen LogP) is 2.31. The van der Waals surface area contributed by atoms with Gasteiger partial charge in [-0.25, -0.2) is 12.8 Å². The van der Waals surface area contributed by atoms with Gasteiger partial charge < -0.3 is 5.32 Å². The van der Waals surface area contributed by atoms with Crippen molar-refractivity contribution in [3.63, 3.8) is 0 Å². The zero-order chi connectivity index (χ0) is 14.6. The number of hydrogen-bond acceptors (Lipinski definition) is 3. The van der Waals surface area contributed by atoms with E-state index in [0.29, 0.717) is 24.9 Å². The van der Waals surface area contributed by atoms with Crippen molar-refractivity contribution in [3.8, 4) is 0 Å². The lowest BCUT2D eigenvalue weighted by Gasteiger charge is -2.30. The van der Waals surface area contributed by atoms with E-state index in [1.807, 2.05) is 6.92 Å². The summed E-state index contributed by atoms with van der Waals surface area (Å²) in [6, 6.07) is 6.39. The molecule has 1 heterocycles. The molecule has 1 aliphatic rings. The molecule has 20 heavy (non-hydrogen) atoms. The third-order valence-corrected chi connectivity index (χ3v) is 6.29. The Kier molecular flexibility index (Phi) is 5.16. The molecule has 0 aromatic heterocycles. The minimum absolute atomic E-state index is 0.206. The topological polar surface area (TPSA) is 46.2 Å². The van der Waals surface area contributed by atoms with Crippen LogP contribution in [0.2, 0.25) is 0 Å². The van der Waals surface area contributed by atoms with Gasteiger partial charge in [0.2, 0.25) is 0 Å². The van der Waals surface area contributed by atoms with E-state index in [9.17, 15) is 12.8 Å². The Morgan fingerprint density at radius 3 is 2.75 bits per heavy atom. The van der Waals surface area contributed by atoms with Crippen LogP contribution >= 0.6 is 0 Å². The Morgan fingerprint density at radius 2 is 2.10 bits per heavy atom. The van der Waals surface area contributed by atoms with Crippen molar-refractivity contribution in [2.45, 2.75) is 43.9 Å². The van der Waals surface area contributed by atoms with Gasteiger partial charge in [0.05, 0.1) is 11.0 Å². The lowest BCUT2D eigenvalue weighted by atomic mass is 9.99.